The number of aliphatic hydroxyl groups excluding tert-OH is 3. The van der Waals surface area contributed by atoms with E-state index in [0.717, 1.165) is 0 Å². The Morgan fingerprint density at radius 3 is 2.12 bits per heavy atom. The van der Waals surface area contributed by atoms with Crippen LogP contribution in [0.25, 0.3) is 0 Å². The van der Waals surface area contributed by atoms with E-state index in [0.29, 0.717) is 0 Å². The Morgan fingerprint density at radius 1 is 1.35 bits per heavy atom. The molecule has 0 aromatic heterocycles. The molecule has 3 atom stereocenters. The van der Waals surface area contributed by atoms with Crippen molar-refractivity contribution in [3.05, 3.63) is 0 Å². The predicted molar refractivity (Wildman–Crippen MR) is 49.7 cm³/mol. The first-order valence-corrected chi connectivity index (χ1v) is 5.70. The summed E-state index contributed by atoms with van der Waals surface area (Å²) < 4.78 is 14.1. The molecule has 7 N–H and O–H groups in total. The molecule has 0 saturated heterocycles. The molecule has 0 fully saturated rings. The van der Waals surface area contributed by atoms with Crippen LogP contribution >= 0.6 is 7.82 Å². The minimum absolute atomic E-state index is 1.06. The highest BCUT2D eigenvalue weighted by Crippen LogP contribution is 2.37. The predicted octanol–water partition coefficient (Wildman–Crippen LogP) is -3.37. The van der Waals surface area contributed by atoms with Gasteiger partial charge >= 0.3 is 13.8 Å². The summed E-state index contributed by atoms with van der Waals surface area (Å²) in [6, 6.07) is 0. The van der Waals surface area contributed by atoms with Gasteiger partial charge in [-0.1, -0.05) is 0 Å². The first kappa shape index (κ1) is 16.4. The summed E-state index contributed by atoms with van der Waals surface area (Å²) in [4.78, 5) is 27.3. The van der Waals surface area contributed by atoms with Gasteiger partial charge in [0.15, 0.2) is 0 Å². The van der Waals surface area contributed by atoms with Gasteiger partial charge in [0.05, 0.1) is 6.61 Å². The van der Waals surface area contributed by atoms with Crippen molar-refractivity contribution in [1.29, 1.82) is 0 Å². The Labute approximate surface area is 94.9 Å². The van der Waals surface area contributed by atoms with E-state index in [1.54, 1.807) is 0 Å². The molecule has 0 spiro atoms. The zero-order chi connectivity index (χ0) is 13.9. The quantitative estimate of drug-likeness (QED) is 0.231. The van der Waals surface area contributed by atoms with Crippen molar-refractivity contribution in [2.24, 2.45) is 0 Å². The van der Waals surface area contributed by atoms with Crippen molar-refractivity contribution < 1.29 is 49.2 Å². The van der Waals surface area contributed by atoms with Gasteiger partial charge in [-0.05, 0) is 0 Å². The molecule has 0 aliphatic heterocycles. The molecule has 0 rings (SSSR count). The molecule has 3 unspecified atom stereocenters. The highest BCUT2D eigenvalue weighted by Gasteiger charge is 2.48. The van der Waals surface area contributed by atoms with Crippen LogP contribution in [0.1, 0.15) is 0 Å². The van der Waals surface area contributed by atoms with Gasteiger partial charge in [-0.15, -0.1) is 0 Å². The number of carboxylic acid groups (broad SMARTS) is 1. The lowest BCUT2D eigenvalue weighted by Gasteiger charge is -2.30. The van der Waals surface area contributed by atoms with E-state index in [1.807, 2.05) is 0 Å². The maximum Gasteiger partial charge on any atom is 0.469 e. The summed E-state index contributed by atoms with van der Waals surface area (Å²) in [5.41, 5.74) is -3.16. The van der Waals surface area contributed by atoms with Crippen LogP contribution in [0.3, 0.4) is 0 Å². The maximum absolute atomic E-state index is 10.7. The number of rotatable bonds is 7. The van der Waals surface area contributed by atoms with Crippen molar-refractivity contribution in [1.82, 2.24) is 0 Å². The molecule has 0 radical (unpaired) electrons. The van der Waals surface area contributed by atoms with Crippen molar-refractivity contribution in [2.75, 3.05) is 13.2 Å². The van der Waals surface area contributed by atoms with Gasteiger partial charge < -0.3 is 35.3 Å². The number of carboxylic acids is 1. The molecule has 0 aliphatic rings. The minimum Gasteiger partial charge on any atom is -0.479 e. The smallest absolute Gasteiger partial charge is 0.469 e. The van der Waals surface area contributed by atoms with Crippen molar-refractivity contribution in [3.63, 3.8) is 0 Å². The van der Waals surface area contributed by atoms with E-state index in [9.17, 15) is 19.6 Å². The summed E-state index contributed by atoms with van der Waals surface area (Å²) in [7, 11) is -5.06. The van der Waals surface area contributed by atoms with Crippen LogP contribution in [0.2, 0.25) is 0 Å². The average molecular weight is 276 g/mol. The summed E-state index contributed by atoms with van der Waals surface area (Å²) in [5.74, 6) is -2.08. The van der Waals surface area contributed by atoms with E-state index in [1.165, 1.54) is 0 Å². The Kier molecular flexibility index (Phi) is 5.65. The van der Waals surface area contributed by atoms with Gasteiger partial charge in [-0.25, -0.2) is 9.36 Å². The topological polar surface area (TPSA) is 185 Å². The molecular formula is C6H13O10P. The lowest BCUT2D eigenvalue weighted by atomic mass is 9.94. The molecule has 17 heavy (non-hydrogen) atoms. The van der Waals surface area contributed by atoms with Gasteiger partial charge in [0.2, 0.25) is 5.60 Å². The number of aliphatic carboxylic acids is 1. The highest BCUT2D eigenvalue weighted by atomic mass is 31.2. The Balaban J connectivity index is 4.92. The Morgan fingerprint density at radius 2 is 1.82 bits per heavy atom. The monoisotopic (exact) mass is 276 g/mol. The fraction of sp³-hybridized carbons (Fsp3) is 0.833. The van der Waals surface area contributed by atoms with Crippen molar-refractivity contribution >= 4 is 13.8 Å². The van der Waals surface area contributed by atoms with Crippen LogP contribution in [0, 0.1) is 0 Å². The third-order valence-electron chi connectivity index (χ3n) is 1.86. The molecule has 0 amide bonds. The van der Waals surface area contributed by atoms with E-state index >= 15 is 0 Å². The first-order valence-electron chi connectivity index (χ1n) is 4.17. The average Bonchev–Trinajstić information content (AvgIpc) is 2.22. The summed E-state index contributed by atoms with van der Waals surface area (Å²) in [6.45, 7) is -2.53. The zero-order valence-corrected chi connectivity index (χ0v) is 9.27. The van der Waals surface area contributed by atoms with Gasteiger partial charge in [0, 0.05) is 0 Å². The fourth-order valence-corrected chi connectivity index (χ4v) is 1.24. The van der Waals surface area contributed by atoms with Gasteiger partial charge in [-0.2, -0.15) is 0 Å². The number of carbonyl (C=O) groups is 1. The molecule has 10 nitrogen and oxygen atoms in total. The van der Waals surface area contributed by atoms with Gasteiger partial charge in [0.25, 0.3) is 0 Å². The highest BCUT2D eigenvalue weighted by molar-refractivity contribution is 7.46. The molecule has 11 heteroatoms. The Hall–Kier alpha value is -0.580. The lowest BCUT2D eigenvalue weighted by molar-refractivity contribution is -0.190. The van der Waals surface area contributed by atoms with Crippen molar-refractivity contribution in [3.8, 4) is 0 Å². The van der Waals surface area contributed by atoms with Crippen LogP contribution in [-0.4, -0.2) is 72.3 Å². The second-order valence-corrected chi connectivity index (χ2v) is 4.43. The Bertz CT molecular complexity index is 312. The van der Waals surface area contributed by atoms with Gasteiger partial charge in [0.1, 0.15) is 18.8 Å². The zero-order valence-electron chi connectivity index (χ0n) is 8.37. The van der Waals surface area contributed by atoms with Crippen LogP contribution in [0.4, 0.5) is 0 Å². The third kappa shape index (κ3) is 4.66. The number of hydrogen-bond acceptors (Lipinski definition) is 7. The molecule has 0 aliphatic carbocycles. The van der Waals surface area contributed by atoms with Crippen LogP contribution in [0.15, 0.2) is 0 Å². The van der Waals surface area contributed by atoms with E-state index in [4.69, 9.17) is 25.1 Å². The second-order valence-electron chi connectivity index (χ2n) is 3.19. The van der Waals surface area contributed by atoms with Crippen LogP contribution in [-0.2, 0) is 13.9 Å². The van der Waals surface area contributed by atoms with Crippen molar-refractivity contribution in [2.45, 2.75) is 17.8 Å². The SMILES string of the molecule is O=C(O)C(O)(COP(=O)(O)O)C(O)C(O)CO. The standard InChI is InChI=1S/C6H13O10P/c7-1-3(8)4(9)6(12,5(10)11)2-16-17(13,14)15/h3-4,7-9,12H,1-2H2,(H,10,11)(H2,13,14,15). The summed E-state index contributed by atoms with van der Waals surface area (Å²) in [5, 5.41) is 44.7. The minimum atomic E-state index is -5.06. The second kappa shape index (κ2) is 5.85. The van der Waals surface area contributed by atoms with Crippen LogP contribution < -0.4 is 0 Å². The van der Waals surface area contributed by atoms with E-state index in [-0.39, 0.29) is 0 Å². The third-order valence-corrected chi connectivity index (χ3v) is 2.33. The molecule has 0 saturated carbocycles. The number of phosphoric ester groups is 1. The number of hydrogen-bond donors (Lipinski definition) is 7. The maximum atomic E-state index is 10.7. The molecule has 0 aromatic rings. The number of phosphoric acid groups is 1. The fourth-order valence-electron chi connectivity index (χ4n) is 0.874. The van der Waals surface area contributed by atoms with E-state index in [2.05, 4.69) is 4.52 Å². The molecule has 0 bridgehead atoms. The van der Waals surface area contributed by atoms with E-state index < -0.39 is 44.8 Å². The number of aliphatic hydroxyl groups is 4. The molecular weight excluding hydrogens is 263 g/mol. The molecule has 102 valence electrons. The van der Waals surface area contributed by atoms with Crippen LogP contribution in [0.5, 0.6) is 0 Å². The lowest BCUT2D eigenvalue weighted by Crippen LogP contribution is -2.58. The normalized spacial score (nSPS) is 19.4. The summed E-state index contributed by atoms with van der Waals surface area (Å²) in [6.07, 6.45) is -4.41. The molecule has 0 heterocycles. The molecule has 0 aromatic carbocycles. The first-order chi connectivity index (χ1) is 7.54. The summed E-state index contributed by atoms with van der Waals surface area (Å²) >= 11 is 0. The largest absolute Gasteiger partial charge is 0.479 e. The van der Waals surface area contributed by atoms with Gasteiger partial charge in [-0.3, -0.25) is 4.52 Å².